The third kappa shape index (κ3) is 2.28. The number of benzene rings is 1. The van der Waals surface area contributed by atoms with Crippen LogP contribution in [-0.4, -0.2) is 39.4 Å². The molecule has 1 atom stereocenters. The lowest BCUT2D eigenvalue weighted by Gasteiger charge is -2.22. The average Bonchev–Trinajstić information content (AvgIpc) is 2.69. The van der Waals surface area contributed by atoms with Crippen molar-refractivity contribution in [2.45, 2.75) is 25.4 Å². The summed E-state index contributed by atoms with van der Waals surface area (Å²) in [6.45, 7) is 1.74. The van der Waals surface area contributed by atoms with Crippen LogP contribution in [0.25, 0.3) is 0 Å². The quantitative estimate of drug-likeness (QED) is 0.717. The van der Waals surface area contributed by atoms with Gasteiger partial charge in [0.2, 0.25) is 0 Å². The van der Waals surface area contributed by atoms with Crippen LogP contribution < -0.4 is 0 Å². The maximum absolute atomic E-state index is 9.66. The van der Waals surface area contributed by atoms with Crippen molar-refractivity contribution in [1.29, 1.82) is 0 Å². The standard InChI is InChI=1S/C12H17NO3/c14-8-10-2-1-5-13(10)7-9-3-4-11(15)6-12(9)16/h3-4,6,10,14-16H,1-2,5,7-8H2/t10-/m1/s1. The van der Waals surface area contributed by atoms with Crippen LogP contribution in [0.4, 0.5) is 0 Å². The van der Waals surface area contributed by atoms with E-state index in [2.05, 4.69) is 4.90 Å². The second-order valence-corrected chi connectivity index (χ2v) is 4.26. The van der Waals surface area contributed by atoms with E-state index in [0.717, 1.165) is 24.9 Å². The lowest BCUT2D eigenvalue weighted by atomic mass is 10.1. The van der Waals surface area contributed by atoms with Crippen LogP contribution >= 0.6 is 0 Å². The van der Waals surface area contributed by atoms with Gasteiger partial charge in [-0.25, -0.2) is 0 Å². The topological polar surface area (TPSA) is 63.9 Å². The van der Waals surface area contributed by atoms with Crippen molar-refractivity contribution < 1.29 is 15.3 Å². The fraction of sp³-hybridized carbons (Fsp3) is 0.500. The van der Waals surface area contributed by atoms with Crippen LogP contribution in [0, 0.1) is 0 Å². The summed E-state index contributed by atoms with van der Waals surface area (Å²) >= 11 is 0. The molecule has 1 aromatic carbocycles. The molecule has 1 heterocycles. The molecule has 0 radical (unpaired) electrons. The molecule has 0 spiro atoms. The maximum Gasteiger partial charge on any atom is 0.123 e. The largest absolute Gasteiger partial charge is 0.508 e. The number of hydrogen-bond acceptors (Lipinski definition) is 4. The number of rotatable bonds is 3. The van der Waals surface area contributed by atoms with Gasteiger partial charge in [-0.15, -0.1) is 0 Å². The minimum absolute atomic E-state index is 0.0707. The van der Waals surface area contributed by atoms with Gasteiger partial charge in [0.15, 0.2) is 0 Å². The minimum atomic E-state index is 0.0707. The van der Waals surface area contributed by atoms with E-state index in [9.17, 15) is 15.3 Å². The molecule has 1 aromatic rings. The average molecular weight is 223 g/mol. The van der Waals surface area contributed by atoms with Gasteiger partial charge in [0.05, 0.1) is 6.61 Å². The van der Waals surface area contributed by atoms with E-state index in [4.69, 9.17) is 0 Å². The van der Waals surface area contributed by atoms with Crippen molar-refractivity contribution in [1.82, 2.24) is 4.90 Å². The molecule has 0 saturated carbocycles. The Morgan fingerprint density at radius 2 is 2.12 bits per heavy atom. The van der Waals surface area contributed by atoms with E-state index >= 15 is 0 Å². The molecule has 0 unspecified atom stereocenters. The first-order valence-corrected chi connectivity index (χ1v) is 5.56. The van der Waals surface area contributed by atoms with Crippen molar-refractivity contribution in [3.63, 3.8) is 0 Å². The van der Waals surface area contributed by atoms with E-state index in [1.54, 1.807) is 12.1 Å². The van der Waals surface area contributed by atoms with Gasteiger partial charge < -0.3 is 15.3 Å². The van der Waals surface area contributed by atoms with Crippen molar-refractivity contribution in [2.75, 3.05) is 13.2 Å². The number of aliphatic hydroxyl groups excluding tert-OH is 1. The molecule has 1 aliphatic rings. The molecule has 0 bridgehead atoms. The zero-order valence-corrected chi connectivity index (χ0v) is 9.13. The van der Waals surface area contributed by atoms with Gasteiger partial charge in [-0.1, -0.05) is 6.07 Å². The highest BCUT2D eigenvalue weighted by Crippen LogP contribution is 2.26. The third-order valence-corrected chi connectivity index (χ3v) is 3.15. The number of phenols is 2. The van der Waals surface area contributed by atoms with Crippen molar-refractivity contribution in [2.24, 2.45) is 0 Å². The molecule has 88 valence electrons. The zero-order chi connectivity index (χ0) is 11.5. The molecule has 1 fully saturated rings. The van der Waals surface area contributed by atoms with Crippen molar-refractivity contribution in [3.05, 3.63) is 23.8 Å². The Hall–Kier alpha value is -1.26. The third-order valence-electron chi connectivity index (χ3n) is 3.15. The molecule has 3 N–H and O–H groups in total. The van der Waals surface area contributed by atoms with E-state index in [0.29, 0.717) is 6.54 Å². The van der Waals surface area contributed by atoms with E-state index < -0.39 is 0 Å². The van der Waals surface area contributed by atoms with Crippen molar-refractivity contribution in [3.8, 4) is 11.5 Å². The fourth-order valence-corrected chi connectivity index (χ4v) is 2.21. The number of hydrogen-bond donors (Lipinski definition) is 3. The molecule has 4 nitrogen and oxygen atoms in total. The summed E-state index contributed by atoms with van der Waals surface area (Å²) < 4.78 is 0. The zero-order valence-electron chi connectivity index (χ0n) is 9.13. The number of likely N-dealkylation sites (tertiary alicyclic amines) is 1. The Bertz CT molecular complexity index is 367. The van der Waals surface area contributed by atoms with Gasteiger partial charge in [-0.05, 0) is 25.5 Å². The lowest BCUT2D eigenvalue weighted by molar-refractivity contribution is 0.152. The van der Waals surface area contributed by atoms with E-state index in [1.165, 1.54) is 6.07 Å². The fourth-order valence-electron chi connectivity index (χ4n) is 2.21. The van der Waals surface area contributed by atoms with Crippen LogP contribution in [0.2, 0.25) is 0 Å². The summed E-state index contributed by atoms with van der Waals surface area (Å²) in [4.78, 5) is 2.16. The van der Waals surface area contributed by atoms with Crippen LogP contribution in [0.1, 0.15) is 18.4 Å². The molecule has 0 aliphatic carbocycles. The summed E-state index contributed by atoms with van der Waals surface area (Å²) in [7, 11) is 0. The monoisotopic (exact) mass is 223 g/mol. The summed E-state index contributed by atoms with van der Waals surface area (Å²) in [6, 6.07) is 4.84. The first kappa shape index (κ1) is 11.2. The Morgan fingerprint density at radius 1 is 1.31 bits per heavy atom. The van der Waals surface area contributed by atoms with Gasteiger partial charge in [0, 0.05) is 24.2 Å². The molecule has 1 saturated heterocycles. The summed E-state index contributed by atoms with van der Waals surface area (Å²) in [5.74, 6) is 0.185. The van der Waals surface area contributed by atoms with Gasteiger partial charge in [0.25, 0.3) is 0 Å². The van der Waals surface area contributed by atoms with Crippen LogP contribution in [0.5, 0.6) is 11.5 Å². The van der Waals surface area contributed by atoms with Gasteiger partial charge >= 0.3 is 0 Å². The van der Waals surface area contributed by atoms with Gasteiger partial charge in [-0.3, -0.25) is 4.90 Å². The minimum Gasteiger partial charge on any atom is -0.508 e. The van der Waals surface area contributed by atoms with Gasteiger partial charge in [-0.2, -0.15) is 0 Å². The highest BCUT2D eigenvalue weighted by atomic mass is 16.3. The molecule has 1 aliphatic heterocycles. The normalized spacial score (nSPS) is 21.4. The molecular weight excluding hydrogens is 206 g/mol. The van der Waals surface area contributed by atoms with Crippen LogP contribution in [-0.2, 0) is 6.54 Å². The highest BCUT2D eigenvalue weighted by molar-refractivity contribution is 5.38. The summed E-state index contributed by atoms with van der Waals surface area (Å²) in [5.41, 5.74) is 0.790. The predicted octanol–water partition coefficient (Wildman–Crippen LogP) is 1.05. The first-order valence-electron chi connectivity index (χ1n) is 5.56. The number of aromatic hydroxyl groups is 2. The van der Waals surface area contributed by atoms with Crippen LogP contribution in [0.15, 0.2) is 18.2 Å². The number of phenolic OH excluding ortho intramolecular Hbond substituents is 2. The molecule has 2 rings (SSSR count). The Kier molecular flexibility index (Phi) is 3.31. The molecule has 4 heteroatoms. The SMILES string of the molecule is OC[C@H]1CCCN1Cc1ccc(O)cc1O. The summed E-state index contributed by atoms with van der Waals surface area (Å²) in [6.07, 6.45) is 2.10. The molecule has 0 amide bonds. The first-order chi connectivity index (χ1) is 7.70. The molecule has 0 aromatic heterocycles. The second-order valence-electron chi connectivity index (χ2n) is 4.26. The molecular formula is C12H17NO3. The number of nitrogens with zero attached hydrogens (tertiary/aromatic N) is 1. The molecule has 16 heavy (non-hydrogen) atoms. The maximum atomic E-state index is 9.66. The number of aliphatic hydroxyl groups is 1. The van der Waals surface area contributed by atoms with Crippen LogP contribution in [0.3, 0.4) is 0 Å². The Morgan fingerprint density at radius 3 is 2.81 bits per heavy atom. The van der Waals surface area contributed by atoms with Crippen molar-refractivity contribution >= 4 is 0 Å². The predicted molar refractivity (Wildman–Crippen MR) is 60.3 cm³/mol. The second kappa shape index (κ2) is 4.72. The van der Waals surface area contributed by atoms with E-state index in [1.807, 2.05) is 0 Å². The van der Waals surface area contributed by atoms with Gasteiger partial charge in [0.1, 0.15) is 11.5 Å². The Balaban J connectivity index is 2.08. The summed E-state index contributed by atoms with van der Waals surface area (Å²) in [5, 5.41) is 28.0. The van der Waals surface area contributed by atoms with E-state index in [-0.39, 0.29) is 24.1 Å². The Labute approximate surface area is 94.8 Å². The lowest BCUT2D eigenvalue weighted by Crippen LogP contribution is -2.31. The smallest absolute Gasteiger partial charge is 0.123 e. The highest BCUT2D eigenvalue weighted by Gasteiger charge is 2.24.